The van der Waals surface area contributed by atoms with Crippen molar-refractivity contribution in [1.29, 1.82) is 0 Å². The maximum Gasteiger partial charge on any atom is 0.323 e. The fourth-order valence-corrected chi connectivity index (χ4v) is 4.29. The number of hydrogen-bond donors (Lipinski definition) is 1. The van der Waals surface area contributed by atoms with Gasteiger partial charge in [0, 0.05) is 29.6 Å². The van der Waals surface area contributed by atoms with Crippen molar-refractivity contribution in [2.24, 2.45) is 0 Å². The Hall–Kier alpha value is -3.25. The Balaban J connectivity index is 1.64. The molecule has 160 valence electrons. The van der Waals surface area contributed by atoms with Crippen molar-refractivity contribution in [3.63, 3.8) is 0 Å². The molecule has 2 aromatic carbocycles. The number of hydrogen-bond acceptors (Lipinski definition) is 5. The molecule has 0 radical (unpaired) electrons. The predicted molar refractivity (Wildman–Crippen MR) is 121 cm³/mol. The Bertz CT molecular complexity index is 1100. The summed E-state index contributed by atoms with van der Waals surface area (Å²) in [5.74, 6) is -0.416. The first-order valence-electron chi connectivity index (χ1n) is 10.6. The molecule has 3 aromatic rings. The number of fused-ring (bicyclic) bond motifs is 1. The van der Waals surface area contributed by atoms with Crippen LogP contribution in [0.25, 0.3) is 22.2 Å². The van der Waals surface area contributed by atoms with Gasteiger partial charge in [-0.25, -0.2) is 4.98 Å². The normalized spacial score (nSPS) is 19.0. The minimum Gasteiger partial charge on any atom is -0.468 e. The first-order valence-corrected chi connectivity index (χ1v) is 10.6. The SMILES string of the molecule is COC(=O)[C@@H]1C[C@H](NC(=O)c2cc(-c3ccccc3)nc3ccccc23)CN1C(C)C. The molecular formula is C25H27N3O3. The summed E-state index contributed by atoms with van der Waals surface area (Å²) in [4.78, 5) is 32.4. The average Bonchev–Trinajstić information content (AvgIpc) is 3.22. The highest BCUT2D eigenvalue weighted by Gasteiger charge is 2.39. The van der Waals surface area contributed by atoms with Gasteiger partial charge in [0.05, 0.1) is 23.9 Å². The molecular weight excluding hydrogens is 390 g/mol. The molecule has 1 N–H and O–H groups in total. The van der Waals surface area contributed by atoms with Crippen LogP contribution >= 0.6 is 0 Å². The van der Waals surface area contributed by atoms with Gasteiger partial charge in [0.1, 0.15) is 6.04 Å². The van der Waals surface area contributed by atoms with E-state index in [4.69, 9.17) is 9.72 Å². The fraction of sp³-hybridized carbons (Fsp3) is 0.320. The van der Waals surface area contributed by atoms with Gasteiger partial charge in [-0.15, -0.1) is 0 Å². The minimum absolute atomic E-state index is 0.133. The molecule has 0 unspecified atom stereocenters. The number of pyridine rings is 1. The molecule has 0 aliphatic carbocycles. The summed E-state index contributed by atoms with van der Waals surface area (Å²) >= 11 is 0. The molecule has 1 aliphatic heterocycles. The fourth-order valence-electron chi connectivity index (χ4n) is 4.29. The first-order chi connectivity index (χ1) is 15.0. The lowest BCUT2D eigenvalue weighted by Crippen LogP contribution is -2.42. The summed E-state index contributed by atoms with van der Waals surface area (Å²) in [6.07, 6.45) is 0.533. The molecule has 31 heavy (non-hydrogen) atoms. The Morgan fingerprint density at radius 1 is 1.10 bits per heavy atom. The Kier molecular flexibility index (Phi) is 6.00. The third-order valence-corrected chi connectivity index (χ3v) is 5.84. The maximum atomic E-state index is 13.3. The van der Waals surface area contributed by atoms with Crippen molar-refractivity contribution in [3.8, 4) is 11.3 Å². The molecule has 1 fully saturated rings. The van der Waals surface area contributed by atoms with Crippen LogP contribution in [0.3, 0.4) is 0 Å². The molecule has 0 spiro atoms. The summed E-state index contributed by atoms with van der Waals surface area (Å²) < 4.78 is 4.97. The number of benzene rings is 2. The maximum absolute atomic E-state index is 13.3. The highest BCUT2D eigenvalue weighted by atomic mass is 16.5. The third kappa shape index (κ3) is 4.30. The van der Waals surface area contributed by atoms with E-state index in [0.29, 0.717) is 18.5 Å². The predicted octanol–water partition coefficient (Wildman–Crippen LogP) is 3.66. The number of para-hydroxylation sites is 1. The molecule has 6 nitrogen and oxygen atoms in total. The molecule has 0 saturated carbocycles. The van der Waals surface area contributed by atoms with Gasteiger partial charge in [0.2, 0.25) is 0 Å². The number of aromatic nitrogens is 1. The van der Waals surface area contributed by atoms with Crippen LogP contribution in [0.1, 0.15) is 30.6 Å². The highest BCUT2D eigenvalue weighted by molar-refractivity contribution is 6.07. The summed E-state index contributed by atoms with van der Waals surface area (Å²) in [6, 6.07) is 19.0. The number of carbonyl (C=O) groups excluding carboxylic acids is 2. The van der Waals surface area contributed by atoms with E-state index in [1.807, 2.05) is 74.5 Å². The van der Waals surface area contributed by atoms with Crippen molar-refractivity contribution in [3.05, 3.63) is 66.2 Å². The zero-order valence-corrected chi connectivity index (χ0v) is 18.0. The molecule has 1 saturated heterocycles. The van der Waals surface area contributed by atoms with E-state index in [1.54, 1.807) is 0 Å². The largest absolute Gasteiger partial charge is 0.468 e. The molecule has 2 heterocycles. The quantitative estimate of drug-likeness (QED) is 0.642. The summed E-state index contributed by atoms with van der Waals surface area (Å²) in [7, 11) is 1.40. The number of esters is 1. The second kappa shape index (κ2) is 8.86. The van der Waals surface area contributed by atoms with E-state index >= 15 is 0 Å². The van der Waals surface area contributed by atoms with Gasteiger partial charge in [-0.3, -0.25) is 14.5 Å². The van der Waals surface area contributed by atoms with Crippen LogP contribution in [0.2, 0.25) is 0 Å². The second-order valence-electron chi connectivity index (χ2n) is 8.17. The summed E-state index contributed by atoms with van der Waals surface area (Å²) in [6.45, 7) is 4.70. The smallest absolute Gasteiger partial charge is 0.323 e. The van der Waals surface area contributed by atoms with Crippen molar-refractivity contribution in [2.45, 2.75) is 38.4 Å². The van der Waals surface area contributed by atoms with E-state index in [1.165, 1.54) is 7.11 Å². The van der Waals surface area contributed by atoms with Gasteiger partial charge >= 0.3 is 5.97 Å². The van der Waals surface area contributed by atoms with Gasteiger partial charge < -0.3 is 10.1 Å². The van der Waals surface area contributed by atoms with E-state index < -0.39 is 0 Å². The van der Waals surface area contributed by atoms with Crippen LogP contribution in [-0.4, -0.2) is 53.5 Å². The van der Waals surface area contributed by atoms with Crippen LogP contribution in [0.4, 0.5) is 0 Å². The van der Waals surface area contributed by atoms with Gasteiger partial charge in [-0.2, -0.15) is 0 Å². The van der Waals surface area contributed by atoms with E-state index in [2.05, 4.69) is 10.2 Å². The number of methoxy groups -OCH3 is 1. The summed E-state index contributed by atoms with van der Waals surface area (Å²) in [5, 5.41) is 3.95. The standard InChI is InChI=1S/C25H27N3O3/c1-16(2)28-15-18(13-23(28)25(30)31-3)26-24(29)20-14-22(17-9-5-4-6-10-17)27-21-12-8-7-11-19(20)21/h4-12,14,16,18,23H,13,15H2,1-3H3,(H,26,29)/t18-,23-/m0/s1. The topological polar surface area (TPSA) is 71.5 Å². The molecule has 1 amide bonds. The number of nitrogens with zero attached hydrogens (tertiary/aromatic N) is 2. The number of amides is 1. The van der Waals surface area contributed by atoms with Crippen LogP contribution in [0.5, 0.6) is 0 Å². The van der Waals surface area contributed by atoms with Crippen molar-refractivity contribution in [2.75, 3.05) is 13.7 Å². The van der Waals surface area contributed by atoms with Gasteiger partial charge in [0.25, 0.3) is 5.91 Å². The molecule has 4 rings (SSSR count). The van der Waals surface area contributed by atoms with E-state index in [0.717, 1.165) is 22.2 Å². The van der Waals surface area contributed by atoms with Gasteiger partial charge in [0.15, 0.2) is 0 Å². The molecule has 6 heteroatoms. The minimum atomic E-state index is -0.343. The Morgan fingerprint density at radius 2 is 1.81 bits per heavy atom. The van der Waals surface area contributed by atoms with Gasteiger partial charge in [-0.1, -0.05) is 48.5 Å². The second-order valence-corrected chi connectivity index (χ2v) is 8.17. The van der Waals surface area contributed by atoms with Crippen LogP contribution in [0.15, 0.2) is 60.7 Å². The van der Waals surface area contributed by atoms with Crippen molar-refractivity contribution in [1.82, 2.24) is 15.2 Å². The highest BCUT2D eigenvalue weighted by Crippen LogP contribution is 2.26. The lowest BCUT2D eigenvalue weighted by molar-refractivity contribution is -0.146. The van der Waals surface area contributed by atoms with Crippen molar-refractivity contribution < 1.29 is 14.3 Å². The van der Waals surface area contributed by atoms with E-state index in [-0.39, 0.29) is 30.0 Å². The third-order valence-electron chi connectivity index (χ3n) is 5.84. The molecule has 2 atom stereocenters. The first kappa shape index (κ1) is 21.0. The lowest BCUT2D eigenvalue weighted by atomic mass is 10.0. The number of likely N-dealkylation sites (tertiary alicyclic amines) is 1. The van der Waals surface area contributed by atoms with Gasteiger partial charge in [-0.05, 0) is 32.4 Å². The summed E-state index contributed by atoms with van der Waals surface area (Å²) in [5.41, 5.74) is 3.07. The van der Waals surface area contributed by atoms with Crippen molar-refractivity contribution >= 4 is 22.8 Å². The number of rotatable bonds is 5. The number of nitrogens with one attached hydrogen (secondary N) is 1. The average molecular weight is 418 g/mol. The Morgan fingerprint density at radius 3 is 2.52 bits per heavy atom. The zero-order valence-electron chi connectivity index (χ0n) is 18.0. The Labute approximate surface area is 182 Å². The molecule has 0 bridgehead atoms. The van der Waals surface area contributed by atoms with Crippen LogP contribution < -0.4 is 5.32 Å². The zero-order chi connectivity index (χ0) is 22.0. The molecule has 1 aromatic heterocycles. The number of ether oxygens (including phenoxy) is 1. The molecule has 1 aliphatic rings. The number of carbonyl (C=O) groups is 2. The van der Waals surface area contributed by atoms with Crippen LogP contribution in [-0.2, 0) is 9.53 Å². The lowest BCUT2D eigenvalue weighted by Gasteiger charge is -2.25. The van der Waals surface area contributed by atoms with E-state index in [9.17, 15) is 9.59 Å². The van der Waals surface area contributed by atoms with Crippen LogP contribution in [0, 0.1) is 0 Å². The monoisotopic (exact) mass is 417 g/mol.